The van der Waals surface area contributed by atoms with Gasteiger partial charge in [-0.05, 0) is 31.3 Å². The normalized spacial score (nSPS) is 11.1. The molecule has 3 aromatic rings. The van der Waals surface area contributed by atoms with Crippen LogP contribution in [-0.4, -0.2) is 52.6 Å². The maximum absolute atomic E-state index is 5.40. The number of nitrogens with zero attached hydrogens (tertiary/aromatic N) is 4. The van der Waals surface area contributed by atoms with Crippen LogP contribution in [0.3, 0.4) is 0 Å². The fraction of sp³-hybridized carbons (Fsp3) is 0.250. The largest absolute Gasteiger partial charge is 0.496 e. The van der Waals surface area contributed by atoms with Crippen LogP contribution in [0.5, 0.6) is 17.2 Å². The second-order valence-electron chi connectivity index (χ2n) is 5.29. The zero-order valence-corrected chi connectivity index (χ0v) is 15.5. The smallest absolute Gasteiger partial charge is 0.216 e. The molecule has 9 nitrogen and oxygen atoms in total. The van der Waals surface area contributed by atoms with E-state index < -0.39 is 0 Å². The van der Waals surface area contributed by atoms with Crippen molar-refractivity contribution in [3.05, 3.63) is 34.2 Å². The molecule has 0 unspecified atom stereocenters. The Kier molecular flexibility index (Phi) is 5.03. The Balaban J connectivity index is 2.04. The van der Waals surface area contributed by atoms with Crippen LogP contribution >= 0.6 is 12.2 Å². The molecule has 10 heteroatoms. The monoisotopic (exact) mass is 374 g/mol. The molecule has 26 heavy (non-hydrogen) atoms. The Hall–Kier alpha value is -3.14. The predicted molar refractivity (Wildman–Crippen MR) is 98.8 cm³/mol. The number of hydrogen-bond donors (Lipinski definition) is 2. The van der Waals surface area contributed by atoms with E-state index in [-0.39, 0.29) is 0 Å². The van der Waals surface area contributed by atoms with Gasteiger partial charge in [0.1, 0.15) is 11.4 Å². The Morgan fingerprint density at radius 1 is 1.00 bits per heavy atom. The lowest BCUT2D eigenvalue weighted by Gasteiger charge is -2.11. The van der Waals surface area contributed by atoms with Gasteiger partial charge in [-0.3, -0.25) is 5.10 Å². The standard InChI is InChI=1S/C16H18N6O3S/c1-9-5-11(19-18-9)15-20-21-16(26)22(15)17-8-10-6-13(24-3)14(25-4)7-12(10)23-2/h5-8H,1-4H3,(H,18,19)(H,21,26)/b17-8-. The number of ether oxygens (including phenoxy) is 3. The lowest BCUT2D eigenvalue weighted by atomic mass is 10.2. The van der Waals surface area contributed by atoms with Crippen LogP contribution in [0.15, 0.2) is 23.3 Å². The first-order valence-electron chi connectivity index (χ1n) is 7.61. The van der Waals surface area contributed by atoms with Crippen molar-refractivity contribution in [2.45, 2.75) is 6.92 Å². The van der Waals surface area contributed by atoms with Gasteiger partial charge in [0.2, 0.25) is 10.6 Å². The summed E-state index contributed by atoms with van der Waals surface area (Å²) in [4.78, 5) is 0. The Morgan fingerprint density at radius 3 is 2.31 bits per heavy atom. The van der Waals surface area contributed by atoms with E-state index >= 15 is 0 Å². The van der Waals surface area contributed by atoms with E-state index in [1.165, 1.54) is 4.68 Å². The second-order valence-corrected chi connectivity index (χ2v) is 5.68. The zero-order chi connectivity index (χ0) is 18.7. The van der Waals surface area contributed by atoms with Gasteiger partial charge in [-0.2, -0.15) is 20.0 Å². The summed E-state index contributed by atoms with van der Waals surface area (Å²) in [6.45, 7) is 1.90. The number of hydrogen-bond acceptors (Lipinski definition) is 7. The number of rotatable bonds is 6. The number of aryl methyl sites for hydroxylation is 1. The summed E-state index contributed by atoms with van der Waals surface area (Å²) in [7, 11) is 4.70. The number of methoxy groups -OCH3 is 3. The molecule has 0 spiro atoms. The lowest BCUT2D eigenvalue weighted by Crippen LogP contribution is -1.99. The molecule has 2 heterocycles. The van der Waals surface area contributed by atoms with Crippen LogP contribution in [0.25, 0.3) is 11.5 Å². The van der Waals surface area contributed by atoms with E-state index in [2.05, 4.69) is 25.5 Å². The Morgan fingerprint density at radius 2 is 1.69 bits per heavy atom. The average molecular weight is 374 g/mol. The van der Waals surface area contributed by atoms with Gasteiger partial charge in [-0.15, -0.1) is 0 Å². The molecule has 0 aliphatic heterocycles. The SMILES string of the molecule is COc1cc(OC)c(OC)cc1/C=N\n1c(-c2cc(C)[nH]n2)n[nH]c1=S. The van der Waals surface area contributed by atoms with E-state index in [0.29, 0.717) is 39.1 Å². The number of nitrogens with one attached hydrogen (secondary N) is 2. The van der Waals surface area contributed by atoms with Crippen molar-refractivity contribution < 1.29 is 14.2 Å². The summed E-state index contributed by atoms with van der Waals surface area (Å²) < 4.78 is 17.8. The second kappa shape index (κ2) is 7.40. The number of aromatic amines is 2. The summed E-state index contributed by atoms with van der Waals surface area (Å²) in [6.07, 6.45) is 1.61. The van der Waals surface area contributed by atoms with Gasteiger partial charge in [-0.1, -0.05) is 0 Å². The highest BCUT2D eigenvalue weighted by Crippen LogP contribution is 2.33. The van der Waals surface area contributed by atoms with E-state index in [9.17, 15) is 0 Å². The summed E-state index contributed by atoms with van der Waals surface area (Å²) in [6, 6.07) is 5.35. The minimum atomic E-state index is 0.344. The van der Waals surface area contributed by atoms with E-state index in [1.807, 2.05) is 13.0 Å². The van der Waals surface area contributed by atoms with Gasteiger partial charge < -0.3 is 14.2 Å². The minimum Gasteiger partial charge on any atom is -0.496 e. The molecule has 0 aliphatic carbocycles. The molecule has 3 rings (SSSR count). The Bertz CT molecular complexity index is 1000. The van der Waals surface area contributed by atoms with Gasteiger partial charge in [0, 0.05) is 17.3 Å². The highest BCUT2D eigenvalue weighted by atomic mass is 32.1. The molecule has 2 N–H and O–H groups in total. The maximum atomic E-state index is 5.40. The van der Waals surface area contributed by atoms with E-state index in [0.717, 1.165) is 5.69 Å². The number of aromatic nitrogens is 5. The molecule has 0 saturated heterocycles. The fourth-order valence-corrected chi connectivity index (χ4v) is 2.55. The molecule has 0 amide bonds. The third-order valence-corrected chi connectivity index (χ3v) is 3.90. The maximum Gasteiger partial charge on any atom is 0.216 e. The molecule has 0 radical (unpaired) electrons. The van der Waals surface area contributed by atoms with Gasteiger partial charge in [0.25, 0.3) is 0 Å². The quantitative estimate of drug-likeness (QED) is 0.508. The molecule has 0 bridgehead atoms. The van der Waals surface area contributed by atoms with Crippen LogP contribution in [0.4, 0.5) is 0 Å². The molecule has 0 saturated carbocycles. The first-order valence-corrected chi connectivity index (χ1v) is 8.02. The molecular formula is C16H18N6O3S. The number of benzene rings is 1. The van der Waals surface area contributed by atoms with Crippen molar-refractivity contribution in [3.8, 4) is 28.8 Å². The molecule has 0 atom stereocenters. The molecular weight excluding hydrogens is 356 g/mol. The van der Waals surface area contributed by atoms with Gasteiger partial charge in [0.15, 0.2) is 11.5 Å². The summed E-state index contributed by atoms with van der Waals surface area (Å²) in [5.74, 6) is 2.21. The number of H-pyrrole nitrogens is 2. The average Bonchev–Trinajstić information content (AvgIpc) is 3.24. The van der Waals surface area contributed by atoms with E-state index in [1.54, 1.807) is 39.7 Å². The minimum absolute atomic E-state index is 0.344. The van der Waals surface area contributed by atoms with Gasteiger partial charge in [-0.25, -0.2) is 5.10 Å². The fourth-order valence-electron chi connectivity index (χ4n) is 2.37. The topological polar surface area (TPSA) is 102 Å². The first-order chi connectivity index (χ1) is 12.6. The molecule has 2 aromatic heterocycles. The summed E-state index contributed by atoms with van der Waals surface area (Å²) >= 11 is 5.26. The van der Waals surface area contributed by atoms with Crippen LogP contribution in [0, 0.1) is 11.7 Å². The van der Waals surface area contributed by atoms with Crippen LogP contribution in [0.1, 0.15) is 11.3 Å². The Labute approximate surface area is 154 Å². The van der Waals surface area contributed by atoms with Crippen molar-refractivity contribution in [1.29, 1.82) is 0 Å². The van der Waals surface area contributed by atoms with Crippen LogP contribution < -0.4 is 14.2 Å². The predicted octanol–water partition coefficient (Wildman–Crippen LogP) is 2.55. The third-order valence-electron chi connectivity index (χ3n) is 3.63. The van der Waals surface area contributed by atoms with Crippen molar-refractivity contribution in [3.63, 3.8) is 0 Å². The van der Waals surface area contributed by atoms with Crippen LogP contribution in [0.2, 0.25) is 0 Å². The summed E-state index contributed by atoms with van der Waals surface area (Å²) in [5, 5.41) is 18.4. The van der Waals surface area contributed by atoms with Crippen molar-refractivity contribution in [1.82, 2.24) is 25.1 Å². The van der Waals surface area contributed by atoms with Crippen LogP contribution in [-0.2, 0) is 0 Å². The van der Waals surface area contributed by atoms with Gasteiger partial charge >= 0.3 is 0 Å². The van der Waals surface area contributed by atoms with Crippen molar-refractivity contribution in [2.24, 2.45) is 5.10 Å². The van der Waals surface area contributed by atoms with Crippen molar-refractivity contribution >= 4 is 18.4 Å². The molecule has 1 aromatic carbocycles. The molecule has 0 fully saturated rings. The van der Waals surface area contributed by atoms with Gasteiger partial charge in [0.05, 0.1) is 27.5 Å². The third kappa shape index (κ3) is 3.31. The van der Waals surface area contributed by atoms with E-state index in [4.69, 9.17) is 26.4 Å². The highest BCUT2D eigenvalue weighted by Gasteiger charge is 2.13. The molecule has 136 valence electrons. The van der Waals surface area contributed by atoms with Crippen molar-refractivity contribution in [2.75, 3.05) is 21.3 Å². The highest BCUT2D eigenvalue weighted by molar-refractivity contribution is 7.71. The lowest BCUT2D eigenvalue weighted by molar-refractivity contribution is 0.349. The zero-order valence-electron chi connectivity index (χ0n) is 14.7. The molecule has 0 aliphatic rings. The first kappa shape index (κ1) is 17.7. The summed E-state index contributed by atoms with van der Waals surface area (Å²) in [5.41, 5.74) is 2.23.